The van der Waals surface area contributed by atoms with Crippen molar-refractivity contribution in [2.24, 2.45) is 0 Å². The molecule has 0 aliphatic carbocycles. The van der Waals surface area contributed by atoms with Crippen LogP contribution in [-0.4, -0.2) is 25.7 Å². The molecule has 2 aromatic carbocycles. The molecule has 0 bridgehead atoms. The van der Waals surface area contributed by atoms with Gasteiger partial charge in [0.15, 0.2) is 5.82 Å². The summed E-state index contributed by atoms with van der Waals surface area (Å²) in [5.74, 6) is 0.712. The highest BCUT2D eigenvalue weighted by Gasteiger charge is 2.13. The Balaban J connectivity index is 1.61. The Morgan fingerprint density at radius 1 is 1.15 bits per heavy atom. The van der Waals surface area contributed by atoms with Crippen molar-refractivity contribution in [2.45, 2.75) is 20.3 Å². The third kappa shape index (κ3) is 3.09. The van der Waals surface area contributed by atoms with E-state index in [-0.39, 0.29) is 5.91 Å². The zero-order chi connectivity index (χ0) is 18.1. The zero-order valence-electron chi connectivity index (χ0n) is 14.4. The van der Waals surface area contributed by atoms with Gasteiger partial charge in [-0.25, -0.2) is 0 Å². The molecule has 2 heterocycles. The predicted molar refractivity (Wildman–Crippen MR) is 103 cm³/mol. The molecule has 6 nitrogen and oxygen atoms in total. The van der Waals surface area contributed by atoms with E-state index in [1.807, 2.05) is 56.3 Å². The number of carbonyl (C=O) groups excluding carboxylic acids is 1. The Labute approximate surface area is 154 Å². The third-order valence-corrected chi connectivity index (χ3v) is 4.97. The molecule has 1 N–H and O–H groups in total. The van der Waals surface area contributed by atoms with E-state index in [9.17, 15) is 4.79 Å². The van der Waals surface area contributed by atoms with Crippen molar-refractivity contribution >= 4 is 27.9 Å². The number of benzene rings is 2. The minimum absolute atomic E-state index is 0.128. The average Bonchev–Trinajstić information content (AvgIpc) is 3.22. The Kier molecular flexibility index (Phi) is 4.22. The smallest absolute Gasteiger partial charge is 0.255 e. The van der Waals surface area contributed by atoms with E-state index in [1.54, 1.807) is 10.6 Å². The maximum atomic E-state index is 12.5. The fourth-order valence-corrected chi connectivity index (χ4v) is 3.57. The fourth-order valence-electron chi connectivity index (χ4n) is 2.71. The molecule has 0 unspecified atom stereocenters. The van der Waals surface area contributed by atoms with Crippen LogP contribution in [0.15, 0.2) is 48.5 Å². The first-order chi connectivity index (χ1) is 12.6. The number of hydrogen-bond donors (Lipinski definition) is 1. The molecule has 0 fully saturated rings. The molecule has 0 atom stereocenters. The monoisotopic (exact) mass is 363 g/mol. The zero-order valence-corrected chi connectivity index (χ0v) is 15.2. The summed E-state index contributed by atoms with van der Waals surface area (Å²) in [6.45, 7) is 3.99. The second-order valence-electron chi connectivity index (χ2n) is 5.98. The number of aromatic nitrogens is 4. The summed E-state index contributed by atoms with van der Waals surface area (Å²) in [7, 11) is 0. The highest BCUT2D eigenvalue weighted by atomic mass is 32.1. The minimum atomic E-state index is -0.128. The highest BCUT2D eigenvalue weighted by molar-refractivity contribution is 7.19. The summed E-state index contributed by atoms with van der Waals surface area (Å²) < 4.78 is 1.78. The quantitative estimate of drug-likeness (QED) is 0.595. The lowest BCUT2D eigenvalue weighted by Gasteiger charge is -2.07. The van der Waals surface area contributed by atoms with Crippen molar-refractivity contribution in [2.75, 3.05) is 5.32 Å². The van der Waals surface area contributed by atoms with Crippen LogP contribution >= 0.6 is 11.3 Å². The van der Waals surface area contributed by atoms with Crippen LogP contribution in [0.4, 0.5) is 5.69 Å². The van der Waals surface area contributed by atoms with Crippen LogP contribution in [-0.2, 0) is 6.42 Å². The number of hydrogen-bond acceptors (Lipinski definition) is 5. The lowest BCUT2D eigenvalue weighted by atomic mass is 10.1. The number of nitrogens with zero attached hydrogens (tertiary/aromatic N) is 4. The molecule has 4 rings (SSSR count). The SMILES string of the molecule is CCc1nnc2sc(-c3cccc(NC(=O)c4cccc(C)c4)c3)nn12. The molecule has 0 spiro atoms. The topological polar surface area (TPSA) is 72.2 Å². The van der Waals surface area contributed by atoms with Crippen LogP contribution in [0.25, 0.3) is 15.5 Å². The van der Waals surface area contributed by atoms with Gasteiger partial charge in [0.25, 0.3) is 5.91 Å². The first kappa shape index (κ1) is 16.4. The highest BCUT2D eigenvalue weighted by Crippen LogP contribution is 2.27. The van der Waals surface area contributed by atoms with Crippen molar-refractivity contribution in [1.29, 1.82) is 0 Å². The molecule has 0 saturated heterocycles. The van der Waals surface area contributed by atoms with Crippen molar-refractivity contribution in [1.82, 2.24) is 19.8 Å². The Bertz CT molecular complexity index is 1100. The Morgan fingerprint density at radius 2 is 2.00 bits per heavy atom. The summed E-state index contributed by atoms with van der Waals surface area (Å²) in [6, 6.07) is 15.2. The number of fused-ring (bicyclic) bond motifs is 1. The van der Waals surface area contributed by atoms with Crippen LogP contribution in [0.2, 0.25) is 0 Å². The first-order valence-corrected chi connectivity index (χ1v) is 9.15. The largest absolute Gasteiger partial charge is 0.322 e. The molecule has 130 valence electrons. The van der Waals surface area contributed by atoms with Crippen molar-refractivity contribution in [3.8, 4) is 10.6 Å². The van der Waals surface area contributed by atoms with Gasteiger partial charge in [-0.3, -0.25) is 4.79 Å². The summed E-state index contributed by atoms with van der Waals surface area (Å²) in [5, 5.41) is 16.7. The van der Waals surface area contributed by atoms with E-state index in [0.29, 0.717) is 5.56 Å². The Hall–Kier alpha value is -3.06. The molecule has 0 saturated carbocycles. The second-order valence-corrected chi connectivity index (χ2v) is 6.93. The molecule has 7 heteroatoms. The van der Waals surface area contributed by atoms with Gasteiger partial charge in [-0.15, -0.1) is 10.2 Å². The molecule has 26 heavy (non-hydrogen) atoms. The third-order valence-electron chi connectivity index (χ3n) is 4.02. The fraction of sp³-hybridized carbons (Fsp3) is 0.158. The maximum absolute atomic E-state index is 12.5. The van der Waals surface area contributed by atoms with Gasteiger partial charge < -0.3 is 5.32 Å². The number of nitrogens with one attached hydrogen (secondary N) is 1. The minimum Gasteiger partial charge on any atom is -0.322 e. The van der Waals surface area contributed by atoms with Gasteiger partial charge in [0.1, 0.15) is 5.01 Å². The summed E-state index contributed by atoms with van der Waals surface area (Å²) in [6.07, 6.45) is 0.775. The molecule has 4 aromatic rings. The van der Waals surface area contributed by atoms with Crippen LogP contribution in [0, 0.1) is 6.92 Å². The van der Waals surface area contributed by atoms with E-state index < -0.39 is 0 Å². The van der Waals surface area contributed by atoms with Gasteiger partial charge in [-0.05, 0) is 31.2 Å². The molecule has 1 amide bonds. The van der Waals surface area contributed by atoms with E-state index >= 15 is 0 Å². The van der Waals surface area contributed by atoms with E-state index in [1.165, 1.54) is 11.3 Å². The molecule has 0 aliphatic heterocycles. The number of carbonyl (C=O) groups is 1. The van der Waals surface area contributed by atoms with Crippen molar-refractivity contribution in [3.05, 3.63) is 65.5 Å². The molecular weight excluding hydrogens is 346 g/mol. The number of aryl methyl sites for hydroxylation is 2. The van der Waals surface area contributed by atoms with E-state index in [4.69, 9.17) is 0 Å². The number of rotatable bonds is 4. The predicted octanol–water partition coefficient (Wildman–Crippen LogP) is 3.98. The van der Waals surface area contributed by atoms with Crippen LogP contribution < -0.4 is 5.32 Å². The molecular formula is C19H17N5OS. The van der Waals surface area contributed by atoms with Crippen LogP contribution in [0.3, 0.4) is 0 Å². The summed E-state index contributed by atoms with van der Waals surface area (Å²) in [4.78, 5) is 13.2. The second kappa shape index (κ2) is 6.68. The first-order valence-electron chi connectivity index (χ1n) is 8.33. The van der Waals surface area contributed by atoms with E-state index in [0.717, 1.165) is 39.0 Å². The number of amides is 1. The average molecular weight is 363 g/mol. The van der Waals surface area contributed by atoms with Gasteiger partial charge in [0, 0.05) is 23.2 Å². The summed E-state index contributed by atoms with van der Waals surface area (Å²) >= 11 is 1.48. The maximum Gasteiger partial charge on any atom is 0.255 e. The molecule has 0 aliphatic rings. The van der Waals surface area contributed by atoms with Gasteiger partial charge in [0.2, 0.25) is 4.96 Å². The van der Waals surface area contributed by atoms with Crippen LogP contribution in [0.1, 0.15) is 28.7 Å². The summed E-state index contributed by atoms with van der Waals surface area (Å²) in [5.41, 5.74) is 3.36. The molecule has 0 radical (unpaired) electrons. The Morgan fingerprint density at radius 3 is 2.81 bits per heavy atom. The number of anilines is 1. The standard InChI is InChI=1S/C19H17N5OS/c1-3-16-21-22-19-24(16)23-18(26-19)14-8-5-9-15(11-14)20-17(25)13-7-4-6-12(2)10-13/h4-11H,3H2,1-2H3,(H,20,25). The van der Waals surface area contributed by atoms with Gasteiger partial charge in [-0.2, -0.15) is 9.61 Å². The van der Waals surface area contributed by atoms with Crippen molar-refractivity contribution in [3.63, 3.8) is 0 Å². The van der Waals surface area contributed by atoms with Gasteiger partial charge in [-0.1, -0.05) is 48.1 Å². The normalized spacial score (nSPS) is 11.0. The lowest BCUT2D eigenvalue weighted by Crippen LogP contribution is -2.11. The van der Waals surface area contributed by atoms with E-state index in [2.05, 4.69) is 20.6 Å². The lowest BCUT2D eigenvalue weighted by molar-refractivity contribution is 0.102. The van der Waals surface area contributed by atoms with Crippen molar-refractivity contribution < 1.29 is 4.79 Å². The van der Waals surface area contributed by atoms with Gasteiger partial charge in [0.05, 0.1) is 0 Å². The van der Waals surface area contributed by atoms with Gasteiger partial charge >= 0.3 is 0 Å². The molecule has 2 aromatic heterocycles. The van der Waals surface area contributed by atoms with Crippen LogP contribution in [0.5, 0.6) is 0 Å².